The van der Waals surface area contributed by atoms with Crippen molar-refractivity contribution >= 4 is 18.1 Å². The Morgan fingerprint density at radius 1 is 1.42 bits per heavy atom. The number of nitrogens with zero attached hydrogens (tertiary/aromatic N) is 1. The lowest BCUT2D eigenvalue weighted by atomic mass is 10.0. The Bertz CT molecular complexity index is 733. The van der Waals surface area contributed by atoms with Gasteiger partial charge in [0.1, 0.15) is 5.76 Å². The number of halogens is 3. The van der Waals surface area contributed by atoms with Gasteiger partial charge in [0.2, 0.25) is 0 Å². The van der Waals surface area contributed by atoms with Crippen LogP contribution >= 0.6 is 0 Å². The first-order valence-corrected chi connectivity index (χ1v) is 7.64. The van der Waals surface area contributed by atoms with E-state index in [4.69, 9.17) is 14.4 Å². The molecule has 8 heteroatoms. The van der Waals surface area contributed by atoms with Crippen molar-refractivity contribution in [3.05, 3.63) is 28.2 Å². The van der Waals surface area contributed by atoms with Gasteiger partial charge < -0.3 is 14.4 Å². The zero-order chi connectivity index (χ0) is 17.7. The van der Waals surface area contributed by atoms with E-state index in [1.54, 1.807) is 6.08 Å². The molecule has 2 rings (SSSR count). The van der Waals surface area contributed by atoms with Crippen LogP contribution < -0.4 is 10.6 Å². The van der Waals surface area contributed by atoms with Gasteiger partial charge >= 0.3 is 12.1 Å². The summed E-state index contributed by atoms with van der Waals surface area (Å²) in [7, 11) is 0. The minimum Gasteiger partial charge on any atom is -0.497 e. The summed E-state index contributed by atoms with van der Waals surface area (Å²) in [5, 5.41) is 11.6. The van der Waals surface area contributed by atoms with Crippen molar-refractivity contribution in [3.8, 4) is 0 Å². The van der Waals surface area contributed by atoms with Gasteiger partial charge in [-0.05, 0) is 31.1 Å². The number of hydrogen-bond acceptors (Lipinski definition) is 4. The molecule has 0 saturated heterocycles. The van der Waals surface area contributed by atoms with Crippen LogP contribution in [0.15, 0.2) is 16.4 Å². The summed E-state index contributed by atoms with van der Waals surface area (Å²) in [5.41, 5.74) is -0.992. The second kappa shape index (κ2) is 7.55. The van der Waals surface area contributed by atoms with E-state index in [1.807, 2.05) is 6.92 Å². The number of fused-ring (bicyclic) bond motifs is 1. The molecular weight excluding hydrogens is 327 g/mol. The highest BCUT2D eigenvalue weighted by Crippen LogP contribution is 2.26. The molecule has 1 unspecified atom stereocenters. The first kappa shape index (κ1) is 18.1. The molecule has 0 amide bonds. The second-order valence-electron chi connectivity index (χ2n) is 5.45. The van der Waals surface area contributed by atoms with Gasteiger partial charge in [-0.15, -0.1) is 0 Å². The average molecular weight is 345 g/mol. The Morgan fingerprint density at radius 3 is 2.79 bits per heavy atom. The lowest BCUT2D eigenvalue weighted by Gasteiger charge is -2.16. The van der Waals surface area contributed by atoms with Crippen molar-refractivity contribution in [2.24, 2.45) is 5.92 Å². The summed E-state index contributed by atoms with van der Waals surface area (Å²) in [6, 6.07) is 0. The van der Waals surface area contributed by atoms with E-state index in [0.717, 1.165) is 6.42 Å². The van der Waals surface area contributed by atoms with Crippen LogP contribution in [0, 0.1) is 5.92 Å². The van der Waals surface area contributed by atoms with Crippen molar-refractivity contribution in [2.75, 3.05) is 6.61 Å². The quantitative estimate of drug-likeness (QED) is 0.769. The monoisotopic (exact) mass is 345 g/mol. The van der Waals surface area contributed by atoms with E-state index >= 15 is 0 Å². The standard InChI is InChI=1S/C16H18F3NO4/c1-2-4-10-9-13-11(15(20-24-13)16(17,18)19)6-7-12(10)23-8-3-5-14(21)22/h6-7,9-10H,2-5,8H2,1H3,(H,21,22). The molecule has 0 radical (unpaired) electrons. The number of aliphatic carboxylic acids is 1. The van der Waals surface area contributed by atoms with Crippen LogP contribution in [0.5, 0.6) is 0 Å². The summed E-state index contributed by atoms with van der Waals surface area (Å²) in [6.07, 6.45) is 1.51. The van der Waals surface area contributed by atoms with Gasteiger partial charge in [-0.25, -0.2) is 0 Å². The van der Waals surface area contributed by atoms with Gasteiger partial charge in [-0.1, -0.05) is 18.5 Å². The maximum atomic E-state index is 12.9. The predicted octanol–water partition coefficient (Wildman–Crippen LogP) is 2.45. The van der Waals surface area contributed by atoms with Gasteiger partial charge in [-0.2, -0.15) is 13.2 Å². The van der Waals surface area contributed by atoms with Gasteiger partial charge in [0.05, 0.1) is 11.8 Å². The molecule has 0 bridgehead atoms. The highest BCUT2D eigenvalue weighted by atomic mass is 19.4. The molecule has 1 aromatic rings. The Hall–Kier alpha value is -2.25. The predicted molar refractivity (Wildman–Crippen MR) is 79.0 cm³/mol. The van der Waals surface area contributed by atoms with Gasteiger partial charge in [0, 0.05) is 12.3 Å². The molecule has 0 fully saturated rings. The molecule has 0 spiro atoms. The number of rotatable bonds is 7. The molecule has 132 valence electrons. The third kappa shape index (κ3) is 4.39. The van der Waals surface area contributed by atoms with Crippen LogP contribution in [0.4, 0.5) is 13.2 Å². The molecule has 5 nitrogen and oxygen atoms in total. The molecule has 24 heavy (non-hydrogen) atoms. The number of carboxylic acid groups (broad SMARTS) is 1. The molecule has 1 N–H and O–H groups in total. The zero-order valence-electron chi connectivity index (χ0n) is 13.1. The van der Waals surface area contributed by atoms with Crippen molar-refractivity contribution in [1.29, 1.82) is 0 Å². The topological polar surface area (TPSA) is 72.6 Å². The summed E-state index contributed by atoms with van der Waals surface area (Å²) in [4.78, 5) is 10.5. The summed E-state index contributed by atoms with van der Waals surface area (Å²) in [5.74, 6) is -0.662. The minimum absolute atomic E-state index is 0.0259. The Kier molecular flexibility index (Phi) is 5.69. The van der Waals surface area contributed by atoms with Crippen molar-refractivity contribution in [2.45, 2.75) is 38.8 Å². The highest BCUT2D eigenvalue weighted by Gasteiger charge is 2.36. The van der Waals surface area contributed by atoms with E-state index in [2.05, 4.69) is 5.16 Å². The van der Waals surface area contributed by atoms with E-state index in [1.165, 1.54) is 12.2 Å². The van der Waals surface area contributed by atoms with Crippen LogP contribution in [0.3, 0.4) is 0 Å². The van der Waals surface area contributed by atoms with E-state index < -0.39 is 17.8 Å². The zero-order valence-corrected chi connectivity index (χ0v) is 13.1. The van der Waals surface area contributed by atoms with Crippen LogP contribution in [-0.2, 0) is 15.7 Å². The molecular formula is C16H18F3NO4. The fourth-order valence-corrected chi connectivity index (χ4v) is 2.45. The van der Waals surface area contributed by atoms with Gasteiger partial charge in [0.15, 0.2) is 11.1 Å². The van der Waals surface area contributed by atoms with Crippen molar-refractivity contribution < 1.29 is 32.3 Å². The Balaban J connectivity index is 2.28. The molecule has 1 heterocycles. The first-order valence-electron chi connectivity index (χ1n) is 7.64. The van der Waals surface area contributed by atoms with Crippen molar-refractivity contribution in [1.82, 2.24) is 5.16 Å². The number of carbonyl (C=O) groups is 1. The van der Waals surface area contributed by atoms with E-state index in [9.17, 15) is 18.0 Å². The third-order valence-corrected chi connectivity index (χ3v) is 3.56. The van der Waals surface area contributed by atoms with Crippen LogP contribution in [0.2, 0.25) is 0 Å². The van der Waals surface area contributed by atoms with E-state index in [-0.39, 0.29) is 29.6 Å². The maximum Gasteiger partial charge on any atom is 0.437 e. The molecule has 0 saturated carbocycles. The van der Waals surface area contributed by atoms with Crippen molar-refractivity contribution in [3.63, 3.8) is 0 Å². The van der Waals surface area contributed by atoms with E-state index in [0.29, 0.717) is 18.6 Å². The normalized spacial score (nSPS) is 17.2. The summed E-state index contributed by atoms with van der Waals surface area (Å²) >= 11 is 0. The SMILES string of the molecule is CCCC1C=c2onc(C(F)(F)F)c2=CC=C1OCCCC(=O)O. The number of hydrogen-bond donors (Lipinski definition) is 1. The molecule has 1 aliphatic carbocycles. The highest BCUT2D eigenvalue weighted by molar-refractivity contribution is 5.66. The lowest BCUT2D eigenvalue weighted by molar-refractivity contribution is -0.143. The summed E-state index contributed by atoms with van der Waals surface area (Å²) in [6.45, 7) is 2.14. The number of allylic oxidation sites excluding steroid dienone is 2. The fraction of sp³-hybridized carbons (Fsp3) is 0.500. The second-order valence-corrected chi connectivity index (χ2v) is 5.45. The van der Waals surface area contributed by atoms with Crippen LogP contribution in [0.1, 0.15) is 38.3 Å². The third-order valence-electron chi connectivity index (χ3n) is 3.56. The number of aromatic nitrogens is 1. The Labute approximate surface area is 136 Å². The molecule has 1 aromatic heterocycles. The molecule has 0 aliphatic heterocycles. The molecule has 0 aromatic carbocycles. The average Bonchev–Trinajstić information content (AvgIpc) is 2.81. The number of carboxylic acids is 1. The fourth-order valence-electron chi connectivity index (χ4n) is 2.45. The van der Waals surface area contributed by atoms with Gasteiger partial charge in [0.25, 0.3) is 0 Å². The van der Waals surface area contributed by atoms with Crippen LogP contribution in [0.25, 0.3) is 12.2 Å². The first-order chi connectivity index (χ1) is 11.3. The van der Waals surface area contributed by atoms with Crippen LogP contribution in [-0.4, -0.2) is 22.8 Å². The largest absolute Gasteiger partial charge is 0.497 e. The lowest BCUT2D eigenvalue weighted by Crippen LogP contribution is -2.27. The molecule has 1 atom stereocenters. The smallest absolute Gasteiger partial charge is 0.437 e. The maximum absolute atomic E-state index is 12.9. The number of alkyl halides is 3. The Morgan fingerprint density at radius 2 is 2.17 bits per heavy atom. The molecule has 1 aliphatic rings. The number of ether oxygens (including phenoxy) is 1. The summed E-state index contributed by atoms with van der Waals surface area (Å²) < 4.78 is 49.3. The van der Waals surface area contributed by atoms with Gasteiger partial charge in [-0.3, -0.25) is 4.79 Å². The minimum atomic E-state index is -4.59.